The number of aliphatic imine (C=N–C) groups is 1. The van der Waals surface area contributed by atoms with Crippen molar-refractivity contribution in [2.24, 2.45) is 17.0 Å². The van der Waals surface area contributed by atoms with Crippen molar-refractivity contribution in [3.05, 3.63) is 84.4 Å². The quantitative estimate of drug-likeness (QED) is 0.363. The van der Waals surface area contributed by atoms with Gasteiger partial charge in [-0.25, -0.2) is 14.6 Å². The van der Waals surface area contributed by atoms with Crippen LogP contribution in [0.25, 0.3) is 10.9 Å². The summed E-state index contributed by atoms with van der Waals surface area (Å²) in [6, 6.07) is 22.6. The third-order valence-electron chi connectivity index (χ3n) is 5.01. The second-order valence-corrected chi connectivity index (χ2v) is 7.37. The summed E-state index contributed by atoms with van der Waals surface area (Å²) in [7, 11) is 2.06. The van der Waals surface area contributed by atoms with Crippen molar-refractivity contribution in [2.75, 3.05) is 13.1 Å². The first-order valence-corrected chi connectivity index (χ1v) is 10.6. The van der Waals surface area contributed by atoms with Gasteiger partial charge in [0.05, 0.1) is 5.69 Å². The molecule has 0 radical (unpaired) electrons. The van der Waals surface area contributed by atoms with Gasteiger partial charge in [-0.15, -0.1) is 0 Å². The first-order valence-electron chi connectivity index (χ1n) is 10.6. The Morgan fingerprint density at radius 2 is 1.45 bits per heavy atom. The summed E-state index contributed by atoms with van der Waals surface area (Å²) in [5.41, 5.74) is 3.03. The summed E-state index contributed by atoms with van der Waals surface area (Å²) in [5, 5.41) is 16.8. The number of rotatable bonds is 3. The smallest absolute Gasteiger partial charge is 0.328 e. The predicted molar refractivity (Wildman–Crippen MR) is 127 cm³/mol. The minimum Gasteiger partial charge on any atom is -0.478 e. The second-order valence-electron chi connectivity index (χ2n) is 7.37. The molecule has 0 amide bonds. The van der Waals surface area contributed by atoms with Crippen LogP contribution in [0, 0.1) is 0 Å². The summed E-state index contributed by atoms with van der Waals surface area (Å²) in [6.45, 7) is 2.04. The molecule has 2 heterocycles. The van der Waals surface area contributed by atoms with E-state index in [1.165, 1.54) is 23.7 Å². The van der Waals surface area contributed by atoms with Crippen molar-refractivity contribution in [1.29, 1.82) is 0 Å². The van der Waals surface area contributed by atoms with E-state index in [1.54, 1.807) is 0 Å². The summed E-state index contributed by atoms with van der Waals surface area (Å²) in [6.07, 6.45) is 3.52. The highest BCUT2D eigenvalue weighted by molar-refractivity contribution is 5.89. The molecule has 4 rings (SSSR count). The maximum absolute atomic E-state index is 9.55. The molecule has 2 aromatic carbocycles. The number of carbonyl (C=O) groups is 2. The van der Waals surface area contributed by atoms with Gasteiger partial charge >= 0.3 is 11.9 Å². The monoisotopic (exact) mass is 446 g/mol. The third kappa shape index (κ3) is 6.90. The van der Waals surface area contributed by atoms with Crippen LogP contribution >= 0.6 is 0 Å². The van der Waals surface area contributed by atoms with Gasteiger partial charge < -0.3 is 19.7 Å². The zero-order valence-electron chi connectivity index (χ0n) is 18.3. The number of hydrogen-bond acceptors (Lipinski definition) is 3. The van der Waals surface area contributed by atoms with E-state index in [0.717, 1.165) is 30.2 Å². The molecule has 1 saturated heterocycles. The van der Waals surface area contributed by atoms with Crippen LogP contribution in [0.4, 0.5) is 5.69 Å². The lowest BCUT2D eigenvalue weighted by Crippen LogP contribution is -2.30. The number of fused-ring (bicyclic) bond motifs is 1. The minimum absolute atomic E-state index is 0.558. The van der Waals surface area contributed by atoms with E-state index >= 15 is 0 Å². The molecule has 0 saturated carbocycles. The van der Waals surface area contributed by atoms with E-state index in [-0.39, 0.29) is 0 Å². The molecule has 0 aliphatic carbocycles. The number of para-hydroxylation sites is 2. The topological polar surface area (TPSA) is 107 Å². The Hall–Kier alpha value is -4.20. The normalized spacial score (nSPS) is 14.4. The highest BCUT2D eigenvalue weighted by atomic mass is 16.4. The fourth-order valence-corrected chi connectivity index (χ4v) is 3.39. The van der Waals surface area contributed by atoms with Crippen molar-refractivity contribution in [3.8, 4) is 0 Å². The molecular weight excluding hydrogens is 420 g/mol. The van der Waals surface area contributed by atoms with Gasteiger partial charge in [0, 0.05) is 37.8 Å². The molecule has 0 bridgehead atoms. The average Bonchev–Trinajstić information content (AvgIpc) is 3.35. The van der Waals surface area contributed by atoms with Crippen LogP contribution in [0.15, 0.2) is 88.9 Å². The zero-order valence-corrected chi connectivity index (χ0v) is 18.3. The molecule has 33 heavy (non-hydrogen) atoms. The Bertz CT molecular complexity index is 1220. The van der Waals surface area contributed by atoms with E-state index in [9.17, 15) is 9.59 Å². The zero-order chi connectivity index (χ0) is 23.6. The number of carboxylic acids is 2. The van der Waals surface area contributed by atoms with Crippen molar-refractivity contribution in [1.82, 2.24) is 9.47 Å². The maximum atomic E-state index is 9.55. The Kier molecular flexibility index (Phi) is 8.13. The summed E-state index contributed by atoms with van der Waals surface area (Å²) >= 11 is 0. The van der Waals surface area contributed by atoms with Crippen molar-refractivity contribution in [3.63, 3.8) is 0 Å². The number of nitrogens with zero attached hydrogens (tertiary/aromatic N) is 4. The van der Waals surface area contributed by atoms with Gasteiger partial charge in [-0.3, -0.25) is 0 Å². The Balaban J connectivity index is 0.000000331. The Labute approximate surface area is 191 Å². The SMILES string of the molecule is Cn1/c(=N/C(=Nc2ccccc2)N2CCCC2)ccc2ccccc21.O=C(O)/C=C/C(=O)O. The molecule has 1 aromatic heterocycles. The van der Waals surface area contributed by atoms with E-state index in [0.29, 0.717) is 12.2 Å². The fourth-order valence-electron chi connectivity index (χ4n) is 3.39. The molecular formula is C25H26N4O4. The van der Waals surface area contributed by atoms with E-state index < -0.39 is 11.9 Å². The summed E-state index contributed by atoms with van der Waals surface area (Å²) in [4.78, 5) is 31.1. The highest BCUT2D eigenvalue weighted by Crippen LogP contribution is 2.15. The highest BCUT2D eigenvalue weighted by Gasteiger charge is 2.16. The molecule has 170 valence electrons. The molecule has 8 nitrogen and oxygen atoms in total. The maximum Gasteiger partial charge on any atom is 0.328 e. The molecule has 1 aliphatic rings. The van der Waals surface area contributed by atoms with Gasteiger partial charge in [0.2, 0.25) is 5.96 Å². The van der Waals surface area contributed by atoms with Gasteiger partial charge in [0.25, 0.3) is 0 Å². The van der Waals surface area contributed by atoms with Crippen LogP contribution in [0.5, 0.6) is 0 Å². The minimum atomic E-state index is -1.26. The Morgan fingerprint density at radius 3 is 2.09 bits per heavy atom. The average molecular weight is 447 g/mol. The first-order chi connectivity index (χ1) is 15.9. The lowest BCUT2D eigenvalue weighted by Gasteiger charge is -2.16. The van der Waals surface area contributed by atoms with Crippen LogP contribution < -0.4 is 5.49 Å². The molecule has 0 unspecified atom stereocenters. The Morgan fingerprint density at radius 1 is 0.848 bits per heavy atom. The molecule has 2 N–H and O–H groups in total. The van der Waals surface area contributed by atoms with Crippen LogP contribution in [-0.4, -0.2) is 50.7 Å². The largest absolute Gasteiger partial charge is 0.478 e. The number of hydrogen-bond donors (Lipinski definition) is 2. The van der Waals surface area contributed by atoms with Gasteiger partial charge in [0.1, 0.15) is 5.49 Å². The molecule has 0 atom stereocenters. The van der Waals surface area contributed by atoms with E-state index in [1.807, 2.05) is 30.3 Å². The molecule has 3 aromatic rings. The lowest BCUT2D eigenvalue weighted by atomic mass is 10.2. The number of benzene rings is 2. The number of aryl methyl sites for hydroxylation is 1. The van der Waals surface area contributed by atoms with Crippen LogP contribution in [0.2, 0.25) is 0 Å². The third-order valence-corrected chi connectivity index (χ3v) is 5.01. The van der Waals surface area contributed by atoms with Gasteiger partial charge in [-0.2, -0.15) is 4.99 Å². The van der Waals surface area contributed by atoms with Crippen LogP contribution in [-0.2, 0) is 16.6 Å². The summed E-state index contributed by atoms with van der Waals surface area (Å²) in [5.74, 6) is -1.71. The summed E-state index contributed by atoms with van der Waals surface area (Å²) < 4.78 is 2.13. The number of carboxylic acid groups (broad SMARTS) is 2. The van der Waals surface area contributed by atoms with Crippen LogP contribution in [0.3, 0.4) is 0 Å². The standard InChI is InChI=1S/C21H22N4.C4H4O4/c1-24-19-12-6-5-9-17(19)13-14-20(24)23-21(25-15-7-8-16-25)22-18-10-3-2-4-11-18;5-3(6)1-2-4(7)8/h2-6,9-14H,7-8,15-16H2,1H3;1-2H,(H,5,6)(H,7,8)/b22-21?,23-20+;2-1+. The molecule has 8 heteroatoms. The molecule has 0 spiro atoms. The van der Waals surface area contributed by atoms with Gasteiger partial charge in [0.15, 0.2) is 0 Å². The number of aliphatic carboxylic acids is 2. The fraction of sp³-hybridized carbons (Fsp3) is 0.200. The second kappa shape index (κ2) is 11.4. The molecule has 1 aliphatic heterocycles. The van der Waals surface area contributed by atoms with Crippen molar-refractivity contribution in [2.45, 2.75) is 12.8 Å². The number of aromatic nitrogens is 1. The van der Waals surface area contributed by atoms with E-state index in [2.05, 4.69) is 52.9 Å². The number of likely N-dealkylation sites (tertiary alicyclic amines) is 1. The lowest BCUT2D eigenvalue weighted by molar-refractivity contribution is -0.134. The first kappa shape index (κ1) is 23.5. The predicted octanol–water partition coefficient (Wildman–Crippen LogP) is 3.57. The van der Waals surface area contributed by atoms with Gasteiger partial charge in [-0.1, -0.05) is 36.4 Å². The van der Waals surface area contributed by atoms with Crippen molar-refractivity contribution >= 4 is 34.5 Å². The van der Waals surface area contributed by atoms with Gasteiger partial charge in [-0.05, 0) is 48.6 Å². The molecule has 1 fully saturated rings. The number of pyridine rings is 1. The number of guanidine groups is 1. The van der Waals surface area contributed by atoms with E-state index in [4.69, 9.17) is 20.2 Å². The van der Waals surface area contributed by atoms with Crippen LogP contribution in [0.1, 0.15) is 12.8 Å². The van der Waals surface area contributed by atoms with Crippen molar-refractivity contribution < 1.29 is 19.8 Å².